The standard InChI is InChI=1S/C17H25ClO2/c1-16(2,3)13-11-15-12(10-14(13)19)6-8-17(4,20-15)7-5-9-18/h10-11,19H,5-9H2,1-4H3. The second-order valence-electron chi connectivity index (χ2n) is 7.07. The highest BCUT2D eigenvalue weighted by molar-refractivity contribution is 6.17. The van der Waals surface area contributed by atoms with Crippen molar-refractivity contribution >= 4 is 11.6 Å². The molecule has 3 heteroatoms. The fourth-order valence-electron chi connectivity index (χ4n) is 2.84. The molecule has 0 fully saturated rings. The molecule has 1 aromatic carbocycles. The summed E-state index contributed by atoms with van der Waals surface area (Å²) in [6.07, 6.45) is 3.87. The van der Waals surface area contributed by atoms with E-state index >= 15 is 0 Å². The third-order valence-electron chi connectivity index (χ3n) is 4.11. The van der Waals surface area contributed by atoms with E-state index in [-0.39, 0.29) is 11.0 Å². The maximum atomic E-state index is 10.2. The summed E-state index contributed by atoms with van der Waals surface area (Å²) in [4.78, 5) is 0. The van der Waals surface area contributed by atoms with Crippen molar-refractivity contribution in [2.75, 3.05) is 5.88 Å². The first kappa shape index (κ1) is 15.5. The zero-order chi connectivity index (χ0) is 15.0. The molecule has 0 aromatic heterocycles. The largest absolute Gasteiger partial charge is 0.508 e. The zero-order valence-electron chi connectivity index (χ0n) is 12.9. The predicted molar refractivity (Wildman–Crippen MR) is 84.1 cm³/mol. The van der Waals surface area contributed by atoms with Gasteiger partial charge in [0.05, 0.1) is 0 Å². The lowest BCUT2D eigenvalue weighted by atomic mass is 9.83. The Kier molecular flexibility index (Phi) is 4.24. The van der Waals surface area contributed by atoms with E-state index < -0.39 is 0 Å². The number of fused-ring (bicyclic) bond motifs is 1. The Morgan fingerprint density at radius 3 is 2.65 bits per heavy atom. The topological polar surface area (TPSA) is 29.5 Å². The van der Waals surface area contributed by atoms with Crippen LogP contribution in [-0.2, 0) is 11.8 Å². The highest BCUT2D eigenvalue weighted by Crippen LogP contribution is 2.42. The van der Waals surface area contributed by atoms with E-state index in [1.54, 1.807) is 0 Å². The smallest absolute Gasteiger partial charge is 0.123 e. The fraction of sp³-hybridized carbons (Fsp3) is 0.647. The summed E-state index contributed by atoms with van der Waals surface area (Å²) in [6.45, 7) is 8.46. The van der Waals surface area contributed by atoms with Gasteiger partial charge in [0.25, 0.3) is 0 Å². The minimum atomic E-state index is -0.131. The first-order chi connectivity index (χ1) is 9.25. The van der Waals surface area contributed by atoms with Gasteiger partial charge in [0.1, 0.15) is 17.1 Å². The Bertz CT molecular complexity index is 490. The van der Waals surface area contributed by atoms with E-state index in [1.165, 1.54) is 0 Å². The molecule has 1 N–H and O–H groups in total. The van der Waals surface area contributed by atoms with Gasteiger partial charge in [0.15, 0.2) is 0 Å². The Balaban J connectivity index is 2.31. The van der Waals surface area contributed by atoms with Crippen molar-refractivity contribution in [2.24, 2.45) is 0 Å². The molecule has 1 atom stereocenters. The van der Waals surface area contributed by atoms with Crippen LogP contribution < -0.4 is 4.74 Å². The van der Waals surface area contributed by atoms with Crippen LogP contribution in [0.5, 0.6) is 11.5 Å². The SMILES string of the molecule is CC1(CCCCl)CCc2cc(O)c(C(C)(C)C)cc2O1. The summed E-state index contributed by atoms with van der Waals surface area (Å²) in [7, 11) is 0. The number of ether oxygens (including phenoxy) is 1. The molecule has 2 rings (SSSR count). The molecule has 1 aromatic rings. The number of phenols is 1. The number of aryl methyl sites for hydroxylation is 1. The van der Waals surface area contributed by atoms with Crippen molar-refractivity contribution in [1.29, 1.82) is 0 Å². The lowest BCUT2D eigenvalue weighted by Crippen LogP contribution is -2.36. The number of hydrogen-bond acceptors (Lipinski definition) is 2. The first-order valence-corrected chi connectivity index (χ1v) is 7.90. The highest BCUT2D eigenvalue weighted by atomic mass is 35.5. The average molecular weight is 297 g/mol. The van der Waals surface area contributed by atoms with Gasteiger partial charge >= 0.3 is 0 Å². The number of aromatic hydroxyl groups is 1. The molecule has 1 aliphatic heterocycles. The maximum Gasteiger partial charge on any atom is 0.123 e. The van der Waals surface area contributed by atoms with Crippen LogP contribution in [0.15, 0.2) is 12.1 Å². The molecule has 1 unspecified atom stereocenters. The molecule has 20 heavy (non-hydrogen) atoms. The van der Waals surface area contributed by atoms with Gasteiger partial charge < -0.3 is 9.84 Å². The van der Waals surface area contributed by atoms with E-state index in [9.17, 15) is 5.11 Å². The van der Waals surface area contributed by atoms with Crippen LogP contribution in [0, 0.1) is 0 Å². The van der Waals surface area contributed by atoms with Gasteiger partial charge in [-0.1, -0.05) is 20.8 Å². The third-order valence-corrected chi connectivity index (χ3v) is 4.37. The number of hydrogen-bond donors (Lipinski definition) is 1. The van der Waals surface area contributed by atoms with Gasteiger partial charge in [-0.15, -0.1) is 11.6 Å². The van der Waals surface area contributed by atoms with Crippen molar-refractivity contribution in [1.82, 2.24) is 0 Å². The monoisotopic (exact) mass is 296 g/mol. The van der Waals surface area contributed by atoms with Crippen LogP contribution >= 0.6 is 11.6 Å². The second-order valence-corrected chi connectivity index (χ2v) is 7.45. The van der Waals surface area contributed by atoms with Gasteiger partial charge in [-0.2, -0.15) is 0 Å². The number of rotatable bonds is 3. The van der Waals surface area contributed by atoms with Crippen LogP contribution in [0.25, 0.3) is 0 Å². The van der Waals surface area contributed by atoms with Crippen LogP contribution in [0.3, 0.4) is 0 Å². The van der Waals surface area contributed by atoms with Gasteiger partial charge in [-0.05, 0) is 55.7 Å². The molecule has 0 bridgehead atoms. The van der Waals surface area contributed by atoms with Crippen LogP contribution in [0.4, 0.5) is 0 Å². The Morgan fingerprint density at radius 1 is 1.35 bits per heavy atom. The molecule has 0 aliphatic carbocycles. The van der Waals surface area contributed by atoms with E-state index in [1.807, 2.05) is 12.1 Å². The summed E-state index contributed by atoms with van der Waals surface area (Å²) >= 11 is 5.80. The molecule has 2 nitrogen and oxygen atoms in total. The Hall–Kier alpha value is -0.890. The van der Waals surface area contributed by atoms with Crippen molar-refractivity contribution in [3.63, 3.8) is 0 Å². The van der Waals surface area contributed by atoms with Crippen molar-refractivity contribution in [3.8, 4) is 11.5 Å². The third kappa shape index (κ3) is 3.22. The molecule has 1 aliphatic rings. The molecule has 112 valence electrons. The fourth-order valence-corrected chi connectivity index (χ4v) is 2.97. The van der Waals surface area contributed by atoms with Crippen LogP contribution in [0.2, 0.25) is 0 Å². The van der Waals surface area contributed by atoms with E-state index in [0.717, 1.165) is 42.6 Å². The zero-order valence-corrected chi connectivity index (χ0v) is 13.7. The lowest BCUT2D eigenvalue weighted by molar-refractivity contribution is 0.0553. The molecular formula is C17H25ClO2. The number of halogens is 1. The number of benzene rings is 1. The minimum absolute atomic E-state index is 0.0908. The quantitative estimate of drug-likeness (QED) is 0.812. The Morgan fingerprint density at radius 2 is 2.05 bits per heavy atom. The highest BCUT2D eigenvalue weighted by Gasteiger charge is 2.32. The van der Waals surface area contributed by atoms with E-state index in [2.05, 4.69) is 27.7 Å². The van der Waals surface area contributed by atoms with Gasteiger partial charge in [-0.25, -0.2) is 0 Å². The van der Waals surface area contributed by atoms with Crippen molar-refractivity contribution < 1.29 is 9.84 Å². The summed E-state index contributed by atoms with van der Waals surface area (Å²) in [5, 5.41) is 10.2. The van der Waals surface area contributed by atoms with E-state index in [0.29, 0.717) is 11.6 Å². The first-order valence-electron chi connectivity index (χ1n) is 7.36. The predicted octanol–water partition coefficient (Wildman–Crippen LogP) is 4.79. The molecule has 0 amide bonds. The summed E-state index contributed by atoms with van der Waals surface area (Å²) < 4.78 is 6.24. The van der Waals surface area contributed by atoms with E-state index in [4.69, 9.17) is 16.3 Å². The van der Waals surface area contributed by atoms with Gasteiger partial charge in [0.2, 0.25) is 0 Å². The normalized spacial score (nSPS) is 22.2. The van der Waals surface area contributed by atoms with Crippen molar-refractivity contribution in [2.45, 2.75) is 64.4 Å². The number of alkyl halides is 1. The summed E-state index contributed by atoms with van der Waals surface area (Å²) in [5.74, 6) is 1.98. The van der Waals surface area contributed by atoms with Crippen LogP contribution in [-0.4, -0.2) is 16.6 Å². The van der Waals surface area contributed by atoms with Gasteiger partial charge in [-0.3, -0.25) is 0 Å². The van der Waals surface area contributed by atoms with Gasteiger partial charge in [0, 0.05) is 11.4 Å². The molecule has 0 saturated carbocycles. The molecule has 1 heterocycles. The van der Waals surface area contributed by atoms with Crippen molar-refractivity contribution in [3.05, 3.63) is 23.3 Å². The maximum absolute atomic E-state index is 10.2. The number of phenolic OH excluding ortho intramolecular Hbond substituents is 1. The molecular weight excluding hydrogens is 272 g/mol. The summed E-state index contributed by atoms with van der Waals surface area (Å²) in [5.41, 5.74) is 1.83. The average Bonchev–Trinajstić information content (AvgIpc) is 2.35. The minimum Gasteiger partial charge on any atom is -0.508 e. The van der Waals surface area contributed by atoms with Crippen LogP contribution in [0.1, 0.15) is 58.1 Å². The summed E-state index contributed by atoms with van der Waals surface area (Å²) in [6, 6.07) is 3.89. The molecule has 0 spiro atoms. The lowest BCUT2D eigenvalue weighted by Gasteiger charge is -2.37. The second kappa shape index (κ2) is 5.48. The Labute approximate surface area is 127 Å². The molecule has 0 saturated heterocycles. The molecule has 0 radical (unpaired) electrons.